The van der Waals surface area contributed by atoms with Crippen LogP contribution in [0.2, 0.25) is 0 Å². The molecule has 4 rings (SSSR count). The molecule has 188 valence electrons. The highest BCUT2D eigenvalue weighted by molar-refractivity contribution is 7.14. The van der Waals surface area contributed by atoms with Crippen LogP contribution in [0, 0.1) is 11.8 Å². The van der Waals surface area contributed by atoms with Gasteiger partial charge in [0.15, 0.2) is 5.13 Å². The molecule has 2 heterocycles. The van der Waals surface area contributed by atoms with Crippen molar-refractivity contribution in [2.75, 3.05) is 11.4 Å². The van der Waals surface area contributed by atoms with Crippen LogP contribution in [-0.2, 0) is 16.1 Å². The molecule has 2 aromatic rings. The van der Waals surface area contributed by atoms with E-state index in [2.05, 4.69) is 31.0 Å². The number of carbonyl (C=O) groups is 3. The van der Waals surface area contributed by atoms with E-state index in [-0.39, 0.29) is 18.2 Å². The summed E-state index contributed by atoms with van der Waals surface area (Å²) in [6.45, 7) is 4.93. The minimum atomic E-state index is -0.866. The van der Waals surface area contributed by atoms with Crippen molar-refractivity contribution in [1.29, 1.82) is 0 Å². The second kappa shape index (κ2) is 11.5. The number of pyridine rings is 1. The summed E-state index contributed by atoms with van der Waals surface area (Å²) in [5, 5.41) is 5.15. The lowest BCUT2D eigenvalue weighted by molar-refractivity contribution is -0.124. The molecule has 0 aliphatic heterocycles. The highest BCUT2D eigenvalue weighted by atomic mass is 32.1. The fraction of sp³-hybridized carbons (Fsp3) is 0.542. The van der Waals surface area contributed by atoms with Crippen LogP contribution in [0.25, 0.3) is 0 Å². The summed E-state index contributed by atoms with van der Waals surface area (Å²) in [7, 11) is 0. The van der Waals surface area contributed by atoms with Crippen LogP contribution < -0.4 is 21.1 Å². The van der Waals surface area contributed by atoms with Crippen molar-refractivity contribution in [1.82, 2.24) is 26.1 Å². The Morgan fingerprint density at radius 2 is 1.89 bits per heavy atom. The van der Waals surface area contributed by atoms with E-state index in [1.54, 1.807) is 29.9 Å². The maximum Gasteiger partial charge on any atom is 0.408 e. The molecule has 0 bridgehead atoms. The van der Waals surface area contributed by atoms with E-state index in [9.17, 15) is 14.4 Å². The fourth-order valence-corrected chi connectivity index (χ4v) is 4.52. The highest BCUT2D eigenvalue weighted by Crippen LogP contribution is 2.38. The summed E-state index contributed by atoms with van der Waals surface area (Å²) in [6.07, 6.45) is 7.73. The largest absolute Gasteiger partial charge is 0.445 e. The van der Waals surface area contributed by atoms with Crippen LogP contribution in [0.15, 0.2) is 29.9 Å². The molecule has 3 N–H and O–H groups in total. The average molecular weight is 501 g/mol. The minimum absolute atomic E-state index is 0.0614. The number of rotatable bonds is 11. The van der Waals surface area contributed by atoms with Gasteiger partial charge in [-0.1, -0.05) is 13.8 Å². The smallest absolute Gasteiger partial charge is 0.408 e. The molecule has 0 aromatic carbocycles. The van der Waals surface area contributed by atoms with Gasteiger partial charge in [-0.25, -0.2) is 9.78 Å². The molecule has 0 spiro atoms. The third kappa shape index (κ3) is 7.64. The average Bonchev–Trinajstić information content (AvgIpc) is 3.78. The molecule has 1 atom stereocenters. The topological polar surface area (TPSA) is 126 Å². The third-order valence-corrected chi connectivity index (χ3v) is 6.72. The van der Waals surface area contributed by atoms with E-state index in [0.717, 1.165) is 23.2 Å². The zero-order chi connectivity index (χ0) is 24.8. The van der Waals surface area contributed by atoms with Crippen LogP contribution in [0.1, 0.15) is 62.0 Å². The first-order valence-corrected chi connectivity index (χ1v) is 12.9. The molecular weight excluding hydrogens is 468 g/mol. The monoisotopic (exact) mass is 500 g/mol. The van der Waals surface area contributed by atoms with Crippen molar-refractivity contribution in [3.05, 3.63) is 41.2 Å². The zero-order valence-electron chi connectivity index (χ0n) is 20.0. The number of ether oxygens (including phenoxy) is 1. The Hall–Kier alpha value is -3.21. The number of aromatic nitrogens is 2. The van der Waals surface area contributed by atoms with Gasteiger partial charge in [-0.05, 0) is 61.6 Å². The van der Waals surface area contributed by atoms with E-state index in [4.69, 9.17) is 4.74 Å². The van der Waals surface area contributed by atoms with Crippen LogP contribution >= 0.6 is 11.3 Å². The quantitative estimate of drug-likeness (QED) is 0.405. The Kier molecular flexibility index (Phi) is 8.17. The van der Waals surface area contributed by atoms with Gasteiger partial charge in [-0.2, -0.15) is 0 Å². The summed E-state index contributed by atoms with van der Waals surface area (Å²) >= 11 is 1.45. The highest BCUT2D eigenvalue weighted by Gasteiger charge is 2.35. The van der Waals surface area contributed by atoms with E-state index < -0.39 is 23.9 Å². The van der Waals surface area contributed by atoms with Gasteiger partial charge >= 0.3 is 6.09 Å². The van der Waals surface area contributed by atoms with Gasteiger partial charge in [0.05, 0.1) is 0 Å². The Labute approximate surface area is 208 Å². The van der Waals surface area contributed by atoms with Gasteiger partial charge in [-0.3, -0.25) is 25.4 Å². The number of alkyl carbamates (subject to hydrolysis) is 1. The summed E-state index contributed by atoms with van der Waals surface area (Å²) in [6, 6.07) is 3.13. The standard InChI is InChI=1S/C24H32N6O4S/c1-15(2)11-19(27-24(33)34-13-17-7-9-25-10-8-17)21(31)28-29-22(32)20-14-35-23(26-20)30(18-5-6-18)12-16-3-4-16/h7-10,14-16,18-19H,3-6,11-13H2,1-2H3,(H,27,33)(H,28,31)(H,29,32)/t19-/m0/s1. The molecule has 2 fully saturated rings. The summed E-state index contributed by atoms with van der Waals surface area (Å²) in [5.74, 6) is -0.163. The van der Waals surface area contributed by atoms with Crippen LogP contribution in [-0.4, -0.2) is 46.5 Å². The first-order chi connectivity index (χ1) is 16.9. The van der Waals surface area contributed by atoms with Gasteiger partial charge in [0, 0.05) is 30.4 Å². The molecule has 2 aromatic heterocycles. The molecule has 35 heavy (non-hydrogen) atoms. The first kappa shape index (κ1) is 24.9. The van der Waals surface area contributed by atoms with E-state index in [1.165, 1.54) is 37.0 Å². The first-order valence-electron chi connectivity index (χ1n) is 12.0. The number of nitrogens with one attached hydrogen (secondary N) is 3. The van der Waals surface area contributed by atoms with Gasteiger partial charge in [-0.15, -0.1) is 11.3 Å². The second-order valence-corrected chi connectivity index (χ2v) is 10.4. The van der Waals surface area contributed by atoms with E-state index in [1.807, 2.05) is 13.8 Å². The maximum atomic E-state index is 12.7. The lowest BCUT2D eigenvalue weighted by Gasteiger charge is -2.21. The normalized spacial score (nSPS) is 15.9. The van der Waals surface area contributed by atoms with Crippen molar-refractivity contribution in [2.24, 2.45) is 11.8 Å². The van der Waals surface area contributed by atoms with Crippen molar-refractivity contribution in [2.45, 2.75) is 64.6 Å². The fourth-order valence-electron chi connectivity index (χ4n) is 3.63. The number of nitrogens with zero attached hydrogens (tertiary/aromatic N) is 3. The summed E-state index contributed by atoms with van der Waals surface area (Å²) in [4.78, 5) is 48.3. The summed E-state index contributed by atoms with van der Waals surface area (Å²) < 4.78 is 5.21. The van der Waals surface area contributed by atoms with Crippen molar-refractivity contribution >= 4 is 34.4 Å². The van der Waals surface area contributed by atoms with Crippen LogP contribution in [0.5, 0.6) is 0 Å². The molecule has 2 saturated carbocycles. The predicted molar refractivity (Wildman–Crippen MR) is 132 cm³/mol. The summed E-state index contributed by atoms with van der Waals surface area (Å²) in [5.41, 5.74) is 5.88. The SMILES string of the molecule is CC(C)C[C@H](NC(=O)OCc1ccncc1)C(=O)NNC(=O)c1csc(N(CC2CC2)C2CC2)n1. The predicted octanol–water partition coefficient (Wildman–Crippen LogP) is 3.02. The lowest BCUT2D eigenvalue weighted by atomic mass is 10.0. The number of thiazole rings is 1. The third-order valence-electron chi connectivity index (χ3n) is 5.84. The molecule has 2 aliphatic carbocycles. The van der Waals surface area contributed by atoms with Crippen molar-refractivity contribution in [3.8, 4) is 0 Å². The van der Waals surface area contributed by atoms with Crippen LogP contribution in [0.4, 0.5) is 9.93 Å². The Morgan fingerprint density at radius 1 is 1.14 bits per heavy atom. The number of carbonyl (C=O) groups excluding carboxylic acids is 3. The molecule has 11 heteroatoms. The number of hydrazine groups is 1. The number of hydrogen-bond acceptors (Lipinski definition) is 8. The molecule has 2 aliphatic rings. The Bertz CT molecular complexity index is 1020. The number of amides is 3. The molecule has 0 unspecified atom stereocenters. The molecular formula is C24H32N6O4S. The molecule has 3 amide bonds. The van der Waals surface area contributed by atoms with Crippen molar-refractivity contribution in [3.63, 3.8) is 0 Å². The van der Waals surface area contributed by atoms with Crippen molar-refractivity contribution < 1.29 is 19.1 Å². The number of hydrogen-bond donors (Lipinski definition) is 3. The number of anilines is 1. The Balaban J connectivity index is 1.27. The Morgan fingerprint density at radius 3 is 2.54 bits per heavy atom. The zero-order valence-corrected chi connectivity index (χ0v) is 20.8. The van der Waals surface area contributed by atoms with E-state index >= 15 is 0 Å². The molecule has 0 radical (unpaired) electrons. The second-order valence-electron chi connectivity index (χ2n) is 9.54. The van der Waals surface area contributed by atoms with Gasteiger partial charge in [0.2, 0.25) is 0 Å². The van der Waals surface area contributed by atoms with E-state index in [0.29, 0.717) is 12.5 Å². The molecule has 0 saturated heterocycles. The van der Waals surface area contributed by atoms with Crippen LogP contribution in [0.3, 0.4) is 0 Å². The van der Waals surface area contributed by atoms with Gasteiger partial charge in [0.1, 0.15) is 18.3 Å². The lowest BCUT2D eigenvalue weighted by Crippen LogP contribution is -2.52. The van der Waals surface area contributed by atoms with Gasteiger partial charge < -0.3 is 15.0 Å². The molecule has 10 nitrogen and oxygen atoms in total. The minimum Gasteiger partial charge on any atom is -0.445 e. The van der Waals surface area contributed by atoms with Gasteiger partial charge in [0.25, 0.3) is 11.8 Å². The maximum absolute atomic E-state index is 12.7.